The van der Waals surface area contributed by atoms with Crippen LogP contribution < -0.4 is 11.1 Å². The van der Waals surface area contributed by atoms with Crippen LogP contribution in [0.5, 0.6) is 0 Å². The molecule has 0 aliphatic rings. The number of rotatable bonds is 9. The van der Waals surface area contributed by atoms with Crippen molar-refractivity contribution in [1.82, 2.24) is 5.32 Å². The lowest BCUT2D eigenvalue weighted by Crippen LogP contribution is -2.45. The minimum Gasteiger partial charge on any atom is -0.368 e. The van der Waals surface area contributed by atoms with Gasteiger partial charge in [0.25, 0.3) is 0 Å². The lowest BCUT2D eigenvalue weighted by Gasteiger charge is -2.15. The number of primary amides is 1. The molecule has 0 fully saturated rings. The topological polar surface area (TPSA) is 72.2 Å². The number of carbonyl (C=O) groups is 2. The Hall–Kier alpha value is -1.98. The van der Waals surface area contributed by atoms with E-state index in [0.717, 1.165) is 37.8 Å². The molecule has 0 bridgehead atoms. The zero-order chi connectivity index (χ0) is 16.5. The molecule has 0 heterocycles. The molecule has 1 aromatic carbocycles. The Morgan fingerprint density at radius 2 is 1.95 bits per heavy atom. The molecule has 0 saturated carbocycles. The van der Waals surface area contributed by atoms with E-state index in [1.807, 2.05) is 0 Å². The predicted octanol–water partition coefficient (Wildman–Crippen LogP) is 2.45. The van der Waals surface area contributed by atoms with Crippen LogP contribution >= 0.6 is 0 Å². The zero-order valence-corrected chi connectivity index (χ0v) is 12.7. The minimum atomic E-state index is -0.784. The number of halogens is 2. The zero-order valence-electron chi connectivity index (χ0n) is 12.7. The Kier molecular flexibility index (Phi) is 7.49. The van der Waals surface area contributed by atoms with Crippen molar-refractivity contribution in [2.45, 2.75) is 51.5 Å². The molecule has 4 nitrogen and oxygen atoms in total. The number of hydrogen-bond acceptors (Lipinski definition) is 2. The summed E-state index contributed by atoms with van der Waals surface area (Å²) in [5.74, 6) is -2.60. The molecule has 0 aliphatic heterocycles. The fourth-order valence-electron chi connectivity index (χ4n) is 2.14. The van der Waals surface area contributed by atoms with E-state index in [4.69, 9.17) is 5.73 Å². The largest absolute Gasteiger partial charge is 0.368 e. The van der Waals surface area contributed by atoms with Crippen LogP contribution in [0, 0.1) is 11.6 Å². The van der Waals surface area contributed by atoms with Gasteiger partial charge in [0.1, 0.15) is 17.7 Å². The number of benzene rings is 1. The molecule has 0 unspecified atom stereocenters. The smallest absolute Gasteiger partial charge is 0.239 e. The third-order valence-corrected chi connectivity index (χ3v) is 3.39. The number of amides is 2. The van der Waals surface area contributed by atoms with Crippen LogP contribution in [0.4, 0.5) is 8.78 Å². The SMILES string of the molecule is CCCCCC[C@H](NC(=O)Cc1ccc(F)cc1F)C(N)=O. The molecule has 0 spiro atoms. The van der Waals surface area contributed by atoms with E-state index < -0.39 is 29.5 Å². The van der Waals surface area contributed by atoms with Gasteiger partial charge < -0.3 is 11.1 Å². The van der Waals surface area contributed by atoms with Crippen LogP contribution in [0.15, 0.2) is 18.2 Å². The summed E-state index contributed by atoms with van der Waals surface area (Å²) < 4.78 is 26.3. The summed E-state index contributed by atoms with van der Waals surface area (Å²) in [5.41, 5.74) is 5.34. The van der Waals surface area contributed by atoms with Gasteiger partial charge in [0, 0.05) is 6.07 Å². The molecule has 0 saturated heterocycles. The maximum absolute atomic E-state index is 13.5. The van der Waals surface area contributed by atoms with Crippen LogP contribution in [-0.2, 0) is 16.0 Å². The third-order valence-electron chi connectivity index (χ3n) is 3.39. The number of unbranched alkanes of at least 4 members (excludes halogenated alkanes) is 3. The highest BCUT2D eigenvalue weighted by Crippen LogP contribution is 2.11. The Morgan fingerprint density at radius 1 is 1.23 bits per heavy atom. The first-order valence-electron chi connectivity index (χ1n) is 7.46. The summed E-state index contributed by atoms with van der Waals surface area (Å²) >= 11 is 0. The van der Waals surface area contributed by atoms with Crippen LogP contribution in [0.3, 0.4) is 0 Å². The Bertz CT molecular complexity index is 521. The molecule has 0 aliphatic carbocycles. The first kappa shape index (κ1) is 18.1. The van der Waals surface area contributed by atoms with E-state index in [-0.39, 0.29) is 12.0 Å². The average Bonchev–Trinajstić information content (AvgIpc) is 2.45. The van der Waals surface area contributed by atoms with Gasteiger partial charge in [0.05, 0.1) is 6.42 Å². The van der Waals surface area contributed by atoms with Crippen molar-refractivity contribution >= 4 is 11.8 Å². The summed E-state index contributed by atoms with van der Waals surface area (Å²) in [6.07, 6.45) is 4.07. The predicted molar refractivity (Wildman–Crippen MR) is 79.9 cm³/mol. The first-order valence-corrected chi connectivity index (χ1v) is 7.46. The van der Waals surface area contributed by atoms with Crippen molar-refractivity contribution in [3.8, 4) is 0 Å². The highest BCUT2D eigenvalue weighted by Gasteiger charge is 2.18. The van der Waals surface area contributed by atoms with Gasteiger partial charge in [-0.3, -0.25) is 9.59 Å². The second-order valence-electron chi connectivity index (χ2n) is 5.28. The number of nitrogens with two attached hydrogens (primary N) is 1. The van der Waals surface area contributed by atoms with Gasteiger partial charge in [-0.05, 0) is 18.1 Å². The van der Waals surface area contributed by atoms with Crippen molar-refractivity contribution in [3.63, 3.8) is 0 Å². The molecule has 2 amide bonds. The number of hydrogen-bond donors (Lipinski definition) is 2. The molecule has 0 aromatic heterocycles. The summed E-state index contributed by atoms with van der Waals surface area (Å²) in [6.45, 7) is 2.07. The fourth-order valence-corrected chi connectivity index (χ4v) is 2.14. The highest BCUT2D eigenvalue weighted by molar-refractivity contribution is 5.87. The van der Waals surface area contributed by atoms with Gasteiger partial charge in [-0.25, -0.2) is 8.78 Å². The maximum Gasteiger partial charge on any atom is 0.239 e. The summed E-state index contributed by atoms with van der Waals surface area (Å²) in [4.78, 5) is 23.2. The van der Waals surface area contributed by atoms with Gasteiger partial charge in [-0.1, -0.05) is 38.7 Å². The van der Waals surface area contributed by atoms with Crippen molar-refractivity contribution in [1.29, 1.82) is 0 Å². The number of nitrogens with one attached hydrogen (secondary N) is 1. The maximum atomic E-state index is 13.5. The van der Waals surface area contributed by atoms with E-state index in [0.29, 0.717) is 6.42 Å². The lowest BCUT2D eigenvalue weighted by atomic mass is 10.1. The Labute approximate surface area is 129 Å². The van der Waals surface area contributed by atoms with E-state index in [2.05, 4.69) is 12.2 Å². The van der Waals surface area contributed by atoms with Gasteiger partial charge in [0.15, 0.2) is 0 Å². The third kappa shape index (κ3) is 6.20. The van der Waals surface area contributed by atoms with Gasteiger partial charge in [-0.15, -0.1) is 0 Å². The van der Waals surface area contributed by atoms with E-state index >= 15 is 0 Å². The second kappa shape index (κ2) is 9.12. The molecule has 1 atom stereocenters. The molecule has 1 aromatic rings. The first-order chi connectivity index (χ1) is 10.4. The summed E-state index contributed by atoms with van der Waals surface area (Å²) in [5, 5.41) is 2.51. The van der Waals surface area contributed by atoms with Gasteiger partial charge in [0.2, 0.25) is 11.8 Å². The average molecular weight is 312 g/mol. The van der Waals surface area contributed by atoms with Crippen LogP contribution in [0.2, 0.25) is 0 Å². The summed E-state index contributed by atoms with van der Waals surface area (Å²) in [6, 6.07) is 2.26. The molecule has 0 radical (unpaired) electrons. The second-order valence-corrected chi connectivity index (χ2v) is 5.28. The standard InChI is InChI=1S/C16H22F2N2O2/c1-2-3-4-5-6-14(16(19)22)20-15(21)9-11-7-8-12(17)10-13(11)18/h7-8,10,14H,2-6,9H2,1H3,(H2,19,22)(H,20,21)/t14-/m0/s1. The van der Waals surface area contributed by atoms with Crippen LogP contribution in [0.1, 0.15) is 44.6 Å². The Morgan fingerprint density at radius 3 is 2.55 bits per heavy atom. The molecular formula is C16H22F2N2O2. The molecular weight excluding hydrogens is 290 g/mol. The summed E-state index contributed by atoms with van der Waals surface area (Å²) in [7, 11) is 0. The fraction of sp³-hybridized carbons (Fsp3) is 0.500. The quantitative estimate of drug-likeness (QED) is 0.687. The van der Waals surface area contributed by atoms with E-state index in [9.17, 15) is 18.4 Å². The molecule has 22 heavy (non-hydrogen) atoms. The van der Waals surface area contributed by atoms with Crippen molar-refractivity contribution in [2.75, 3.05) is 0 Å². The van der Waals surface area contributed by atoms with E-state index in [1.54, 1.807) is 0 Å². The van der Waals surface area contributed by atoms with Crippen molar-refractivity contribution in [3.05, 3.63) is 35.4 Å². The Balaban J connectivity index is 2.54. The molecule has 3 N–H and O–H groups in total. The van der Waals surface area contributed by atoms with Gasteiger partial charge in [-0.2, -0.15) is 0 Å². The monoisotopic (exact) mass is 312 g/mol. The highest BCUT2D eigenvalue weighted by atomic mass is 19.1. The van der Waals surface area contributed by atoms with Gasteiger partial charge >= 0.3 is 0 Å². The molecule has 122 valence electrons. The van der Waals surface area contributed by atoms with Crippen LogP contribution in [-0.4, -0.2) is 17.9 Å². The molecule has 1 rings (SSSR count). The van der Waals surface area contributed by atoms with E-state index in [1.165, 1.54) is 6.07 Å². The number of carbonyl (C=O) groups excluding carboxylic acids is 2. The minimum absolute atomic E-state index is 0.0769. The normalized spacial score (nSPS) is 12.0. The van der Waals surface area contributed by atoms with Crippen molar-refractivity contribution in [2.24, 2.45) is 5.73 Å². The van der Waals surface area contributed by atoms with Crippen molar-refractivity contribution < 1.29 is 18.4 Å². The molecule has 6 heteroatoms. The lowest BCUT2D eigenvalue weighted by molar-refractivity contribution is -0.127. The van der Waals surface area contributed by atoms with Crippen LogP contribution in [0.25, 0.3) is 0 Å².